The monoisotopic (exact) mass is 342 g/mol. The van der Waals surface area contributed by atoms with Gasteiger partial charge in [-0.15, -0.1) is 0 Å². The molecule has 6 heteroatoms. The van der Waals surface area contributed by atoms with E-state index in [1.165, 1.54) is 4.90 Å². The minimum absolute atomic E-state index is 0.0533. The molecule has 0 unspecified atom stereocenters. The molecule has 1 saturated heterocycles. The number of likely N-dealkylation sites (N-methyl/N-ethyl adjacent to an activating group) is 1. The molecule has 0 spiro atoms. The van der Waals surface area contributed by atoms with Crippen molar-refractivity contribution in [2.45, 2.75) is 0 Å². The lowest BCUT2D eigenvalue weighted by molar-refractivity contribution is -0.142. The van der Waals surface area contributed by atoms with E-state index in [1.807, 2.05) is 42.5 Å². The first-order valence-corrected chi connectivity index (χ1v) is 8.35. The Balaban J connectivity index is 1.55. The number of benzene rings is 2. The average molecular weight is 342 g/mol. The van der Waals surface area contributed by atoms with Gasteiger partial charge in [0.25, 0.3) is 5.91 Å². The summed E-state index contributed by atoms with van der Waals surface area (Å²) in [6.45, 7) is 2.21. The highest BCUT2D eigenvalue weighted by Gasteiger charge is 2.20. The Morgan fingerprint density at radius 1 is 1.12 bits per heavy atom. The van der Waals surface area contributed by atoms with Gasteiger partial charge >= 0.3 is 0 Å². The van der Waals surface area contributed by atoms with E-state index in [1.54, 1.807) is 11.9 Å². The van der Waals surface area contributed by atoms with Crippen molar-refractivity contribution in [3.05, 3.63) is 42.5 Å². The van der Waals surface area contributed by atoms with Crippen molar-refractivity contribution in [2.75, 3.05) is 46.5 Å². The summed E-state index contributed by atoms with van der Waals surface area (Å²) in [5.74, 6) is 0.373. The third kappa shape index (κ3) is 4.28. The third-order valence-corrected chi connectivity index (χ3v) is 4.26. The van der Waals surface area contributed by atoms with Crippen LogP contribution in [0.1, 0.15) is 0 Å². The Labute approximate surface area is 146 Å². The molecule has 25 heavy (non-hydrogen) atoms. The van der Waals surface area contributed by atoms with Crippen molar-refractivity contribution in [2.24, 2.45) is 0 Å². The normalized spacial score (nSPS) is 14.4. The fourth-order valence-corrected chi connectivity index (χ4v) is 2.78. The number of rotatable bonds is 5. The van der Waals surface area contributed by atoms with Crippen LogP contribution in [0.3, 0.4) is 0 Å². The van der Waals surface area contributed by atoms with E-state index in [0.29, 0.717) is 32.1 Å². The first kappa shape index (κ1) is 17.2. The summed E-state index contributed by atoms with van der Waals surface area (Å²) in [5.41, 5.74) is 0. The molecule has 0 atom stereocenters. The van der Waals surface area contributed by atoms with Crippen molar-refractivity contribution in [1.29, 1.82) is 0 Å². The number of hydrogen-bond donors (Lipinski definition) is 0. The second kappa shape index (κ2) is 7.98. The van der Waals surface area contributed by atoms with Crippen molar-refractivity contribution in [3.63, 3.8) is 0 Å². The van der Waals surface area contributed by atoms with Crippen LogP contribution in [0.25, 0.3) is 10.8 Å². The molecule has 1 aliphatic rings. The summed E-state index contributed by atoms with van der Waals surface area (Å²) in [5, 5.41) is 2.02. The smallest absolute Gasteiger partial charge is 0.260 e. The molecule has 1 heterocycles. The van der Waals surface area contributed by atoms with Crippen LogP contribution in [0.5, 0.6) is 5.75 Å². The summed E-state index contributed by atoms with van der Waals surface area (Å²) in [6.07, 6.45) is 0. The molecular formula is C19H22N2O4. The van der Waals surface area contributed by atoms with E-state index in [0.717, 1.165) is 10.8 Å². The van der Waals surface area contributed by atoms with Gasteiger partial charge in [-0.3, -0.25) is 9.59 Å². The van der Waals surface area contributed by atoms with Gasteiger partial charge in [-0.2, -0.15) is 0 Å². The summed E-state index contributed by atoms with van der Waals surface area (Å²) in [6, 6.07) is 13.6. The van der Waals surface area contributed by atoms with Gasteiger partial charge < -0.3 is 19.3 Å². The molecule has 2 aromatic carbocycles. The van der Waals surface area contributed by atoms with Crippen LogP contribution in [-0.4, -0.2) is 68.1 Å². The molecule has 0 radical (unpaired) electrons. The van der Waals surface area contributed by atoms with Gasteiger partial charge in [-0.05, 0) is 11.5 Å². The standard InChI is InChI=1S/C19H22N2O4/c1-20(13-18(22)21-9-11-24-12-10-21)19(23)14-25-17-8-4-6-15-5-2-3-7-16(15)17/h2-8H,9-14H2,1H3. The molecular weight excluding hydrogens is 320 g/mol. The highest BCUT2D eigenvalue weighted by Crippen LogP contribution is 2.25. The molecule has 1 fully saturated rings. The highest BCUT2D eigenvalue weighted by atomic mass is 16.5. The van der Waals surface area contributed by atoms with E-state index in [9.17, 15) is 9.59 Å². The Hall–Kier alpha value is -2.60. The van der Waals surface area contributed by atoms with Gasteiger partial charge in [0.15, 0.2) is 6.61 Å². The molecule has 2 amide bonds. The van der Waals surface area contributed by atoms with E-state index in [-0.39, 0.29) is 25.0 Å². The van der Waals surface area contributed by atoms with Crippen LogP contribution >= 0.6 is 0 Å². The minimum Gasteiger partial charge on any atom is -0.483 e. The van der Waals surface area contributed by atoms with E-state index in [4.69, 9.17) is 9.47 Å². The maximum absolute atomic E-state index is 12.3. The van der Waals surface area contributed by atoms with Gasteiger partial charge in [0, 0.05) is 25.5 Å². The quantitative estimate of drug-likeness (QED) is 0.827. The molecule has 0 saturated carbocycles. The average Bonchev–Trinajstić information content (AvgIpc) is 2.66. The predicted molar refractivity (Wildman–Crippen MR) is 94.5 cm³/mol. The second-order valence-corrected chi connectivity index (χ2v) is 6.01. The highest BCUT2D eigenvalue weighted by molar-refractivity contribution is 5.89. The maximum Gasteiger partial charge on any atom is 0.260 e. The molecule has 0 aromatic heterocycles. The molecule has 132 valence electrons. The maximum atomic E-state index is 12.3. The van der Waals surface area contributed by atoms with Crippen molar-refractivity contribution in [3.8, 4) is 5.75 Å². The number of hydrogen-bond acceptors (Lipinski definition) is 4. The lowest BCUT2D eigenvalue weighted by Crippen LogP contribution is -2.46. The molecule has 6 nitrogen and oxygen atoms in total. The van der Waals surface area contributed by atoms with Gasteiger partial charge in [-0.1, -0.05) is 36.4 Å². The fourth-order valence-electron chi connectivity index (χ4n) is 2.78. The number of carbonyl (C=O) groups excluding carboxylic acids is 2. The van der Waals surface area contributed by atoms with Gasteiger partial charge in [0.2, 0.25) is 5.91 Å². The lowest BCUT2D eigenvalue weighted by atomic mass is 10.1. The first-order chi connectivity index (χ1) is 12.1. The van der Waals surface area contributed by atoms with Crippen LogP contribution in [-0.2, 0) is 14.3 Å². The largest absolute Gasteiger partial charge is 0.483 e. The summed E-state index contributed by atoms with van der Waals surface area (Å²) >= 11 is 0. The molecule has 2 aromatic rings. The Bertz CT molecular complexity index is 751. The van der Waals surface area contributed by atoms with Gasteiger partial charge in [0.1, 0.15) is 5.75 Å². The zero-order valence-electron chi connectivity index (χ0n) is 14.3. The van der Waals surface area contributed by atoms with Gasteiger partial charge in [0.05, 0.1) is 19.8 Å². The fraction of sp³-hybridized carbons (Fsp3) is 0.368. The van der Waals surface area contributed by atoms with Crippen LogP contribution in [0.4, 0.5) is 0 Å². The van der Waals surface area contributed by atoms with Crippen LogP contribution in [0, 0.1) is 0 Å². The van der Waals surface area contributed by atoms with Crippen molar-refractivity contribution < 1.29 is 19.1 Å². The van der Waals surface area contributed by atoms with E-state index in [2.05, 4.69) is 0 Å². The van der Waals surface area contributed by atoms with Crippen molar-refractivity contribution in [1.82, 2.24) is 9.80 Å². The minimum atomic E-state index is -0.227. The van der Waals surface area contributed by atoms with E-state index < -0.39 is 0 Å². The lowest BCUT2D eigenvalue weighted by Gasteiger charge is -2.28. The SMILES string of the molecule is CN(CC(=O)N1CCOCC1)C(=O)COc1cccc2ccccc12. The number of ether oxygens (including phenoxy) is 2. The van der Waals surface area contributed by atoms with Crippen molar-refractivity contribution >= 4 is 22.6 Å². The van der Waals surface area contributed by atoms with Gasteiger partial charge in [-0.25, -0.2) is 0 Å². The number of amides is 2. The Kier molecular flexibility index (Phi) is 5.50. The topological polar surface area (TPSA) is 59.1 Å². The summed E-state index contributed by atoms with van der Waals surface area (Å²) in [7, 11) is 1.62. The third-order valence-electron chi connectivity index (χ3n) is 4.26. The van der Waals surface area contributed by atoms with Crippen LogP contribution in [0.15, 0.2) is 42.5 Å². The molecule has 0 N–H and O–H groups in total. The summed E-state index contributed by atoms with van der Waals surface area (Å²) < 4.78 is 10.9. The first-order valence-electron chi connectivity index (χ1n) is 8.35. The Morgan fingerprint density at radius 3 is 2.64 bits per heavy atom. The van der Waals surface area contributed by atoms with E-state index >= 15 is 0 Å². The Morgan fingerprint density at radius 2 is 1.84 bits per heavy atom. The molecule has 1 aliphatic heterocycles. The summed E-state index contributed by atoms with van der Waals surface area (Å²) in [4.78, 5) is 27.6. The second-order valence-electron chi connectivity index (χ2n) is 6.01. The zero-order valence-corrected chi connectivity index (χ0v) is 14.3. The molecule has 0 aliphatic carbocycles. The molecule has 3 rings (SSSR count). The number of nitrogens with zero attached hydrogens (tertiary/aromatic N) is 2. The zero-order chi connectivity index (χ0) is 17.6. The van der Waals surface area contributed by atoms with Crippen LogP contribution < -0.4 is 4.74 Å². The number of fused-ring (bicyclic) bond motifs is 1. The van der Waals surface area contributed by atoms with Crippen LogP contribution in [0.2, 0.25) is 0 Å². The number of carbonyl (C=O) groups is 2. The number of morpholine rings is 1. The molecule has 0 bridgehead atoms. The predicted octanol–water partition coefficient (Wildman–Crippen LogP) is 1.54.